The second-order valence-corrected chi connectivity index (χ2v) is 4.95. The standard InChI is InChI=1S/C14H16N2O4/c1-16-13(17)5-3-10(14(16)18)15-7-9-2-4-11-12(6-9)20-8-19-11/h2,4,6,10,15H,3,5,7-8H2,1H3. The number of rotatable bonds is 3. The Balaban J connectivity index is 1.62. The molecule has 1 unspecified atom stereocenters. The van der Waals surface area contributed by atoms with Gasteiger partial charge >= 0.3 is 0 Å². The molecule has 6 heteroatoms. The van der Waals surface area contributed by atoms with Crippen LogP contribution in [0.1, 0.15) is 18.4 Å². The lowest BCUT2D eigenvalue weighted by atomic mass is 10.0. The second kappa shape index (κ2) is 5.13. The maximum atomic E-state index is 11.9. The van der Waals surface area contributed by atoms with E-state index in [1.807, 2.05) is 18.2 Å². The zero-order chi connectivity index (χ0) is 14.1. The minimum absolute atomic E-state index is 0.115. The molecule has 0 bridgehead atoms. The molecule has 3 rings (SSSR count). The fourth-order valence-electron chi connectivity index (χ4n) is 2.40. The summed E-state index contributed by atoms with van der Waals surface area (Å²) in [6.07, 6.45) is 0.952. The number of benzene rings is 1. The molecule has 20 heavy (non-hydrogen) atoms. The molecule has 2 heterocycles. The Morgan fingerprint density at radius 3 is 2.95 bits per heavy atom. The van der Waals surface area contributed by atoms with Crippen LogP contribution in [0, 0.1) is 0 Å². The van der Waals surface area contributed by atoms with Crippen molar-refractivity contribution in [3.63, 3.8) is 0 Å². The van der Waals surface area contributed by atoms with E-state index in [4.69, 9.17) is 9.47 Å². The molecule has 0 saturated carbocycles. The number of ether oxygens (including phenoxy) is 2. The predicted molar refractivity (Wildman–Crippen MR) is 70.2 cm³/mol. The van der Waals surface area contributed by atoms with E-state index in [0.717, 1.165) is 17.1 Å². The van der Waals surface area contributed by atoms with Gasteiger partial charge in [-0.05, 0) is 24.1 Å². The number of hydrogen-bond acceptors (Lipinski definition) is 5. The van der Waals surface area contributed by atoms with Gasteiger partial charge in [-0.1, -0.05) is 6.07 Å². The van der Waals surface area contributed by atoms with Crippen LogP contribution in [-0.4, -0.2) is 36.6 Å². The highest BCUT2D eigenvalue weighted by atomic mass is 16.7. The molecule has 1 N–H and O–H groups in total. The third-order valence-corrected chi connectivity index (χ3v) is 3.64. The maximum absolute atomic E-state index is 11.9. The summed E-state index contributed by atoms with van der Waals surface area (Å²) in [5.41, 5.74) is 1.02. The van der Waals surface area contributed by atoms with Gasteiger partial charge in [0.05, 0.1) is 6.04 Å². The first kappa shape index (κ1) is 12.9. The van der Waals surface area contributed by atoms with Gasteiger partial charge in [-0.15, -0.1) is 0 Å². The Morgan fingerprint density at radius 1 is 1.30 bits per heavy atom. The van der Waals surface area contributed by atoms with Gasteiger partial charge in [0, 0.05) is 20.0 Å². The SMILES string of the molecule is CN1C(=O)CCC(NCc2ccc3c(c2)OCO3)C1=O. The summed E-state index contributed by atoms with van der Waals surface area (Å²) in [6, 6.07) is 5.39. The van der Waals surface area contributed by atoms with E-state index in [1.165, 1.54) is 11.9 Å². The molecule has 0 radical (unpaired) electrons. The van der Waals surface area contributed by atoms with Gasteiger partial charge in [-0.3, -0.25) is 14.5 Å². The number of fused-ring (bicyclic) bond motifs is 1. The number of imide groups is 1. The van der Waals surface area contributed by atoms with Crippen molar-refractivity contribution in [1.82, 2.24) is 10.2 Å². The van der Waals surface area contributed by atoms with E-state index in [0.29, 0.717) is 19.4 Å². The second-order valence-electron chi connectivity index (χ2n) is 4.95. The van der Waals surface area contributed by atoms with Crippen LogP contribution in [0.25, 0.3) is 0 Å². The topological polar surface area (TPSA) is 67.9 Å². The van der Waals surface area contributed by atoms with E-state index < -0.39 is 0 Å². The van der Waals surface area contributed by atoms with Crippen molar-refractivity contribution in [2.45, 2.75) is 25.4 Å². The summed E-state index contributed by atoms with van der Waals surface area (Å²) < 4.78 is 10.6. The molecule has 6 nitrogen and oxygen atoms in total. The number of nitrogens with zero attached hydrogens (tertiary/aromatic N) is 1. The number of carbonyl (C=O) groups is 2. The van der Waals surface area contributed by atoms with Crippen molar-refractivity contribution in [1.29, 1.82) is 0 Å². The van der Waals surface area contributed by atoms with E-state index in [2.05, 4.69) is 5.32 Å². The normalized spacial score (nSPS) is 21.4. The molecule has 2 aliphatic heterocycles. The number of likely N-dealkylation sites (N-methyl/N-ethyl adjacent to an activating group) is 1. The van der Waals surface area contributed by atoms with E-state index in [1.54, 1.807) is 0 Å². The van der Waals surface area contributed by atoms with Gasteiger partial charge in [0.1, 0.15) is 0 Å². The molecule has 1 aromatic rings. The molecule has 1 fully saturated rings. The van der Waals surface area contributed by atoms with Crippen LogP contribution in [0.5, 0.6) is 11.5 Å². The van der Waals surface area contributed by atoms with Crippen molar-refractivity contribution in [2.75, 3.05) is 13.8 Å². The average Bonchev–Trinajstić information content (AvgIpc) is 2.91. The number of hydrogen-bond donors (Lipinski definition) is 1. The van der Waals surface area contributed by atoms with E-state index in [9.17, 15) is 9.59 Å². The van der Waals surface area contributed by atoms with E-state index in [-0.39, 0.29) is 24.6 Å². The number of amides is 2. The summed E-state index contributed by atoms with van der Waals surface area (Å²) in [5.74, 6) is 1.19. The first-order valence-electron chi connectivity index (χ1n) is 6.57. The Bertz CT molecular complexity index is 558. The number of piperidine rings is 1. The minimum atomic E-state index is -0.303. The number of likely N-dealkylation sites (tertiary alicyclic amines) is 1. The van der Waals surface area contributed by atoms with E-state index >= 15 is 0 Å². The summed E-state index contributed by atoms with van der Waals surface area (Å²) in [7, 11) is 1.53. The zero-order valence-electron chi connectivity index (χ0n) is 11.2. The quantitative estimate of drug-likeness (QED) is 0.821. The largest absolute Gasteiger partial charge is 0.454 e. The summed E-state index contributed by atoms with van der Waals surface area (Å²) in [4.78, 5) is 24.5. The van der Waals surface area contributed by atoms with Crippen molar-refractivity contribution in [2.24, 2.45) is 0 Å². The molecular weight excluding hydrogens is 260 g/mol. The van der Waals surface area contributed by atoms with Crippen LogP contribution in [0.3, 0.4) is 0 Å². The third-order valence-electron chi connectivity index (χ3n) is 3.64. The lowest BCUT2D eigenvalue weighted by Crippen LogP contribution is -2.51. The first-order chi connectivity index (χ1) is 9.65. The van der Waals surface area contributed by atoms with Crippen molar-refractivity contribution >= 4 is 11.8 Å². The average molecular weight is 276 g/mol. The van der Waals surface area contributed by atoms with Gasteiger partial charge in [0.25, 0.3) is 0 Å². The van der Waals surface area contributed by atoms with Gasteiger partial charge in [-0.25, -0.2) is 0 Å². The van der Waals surface area contributed by atoms with Gasteiger partial charge in [-0.2, -0.15) is 0 Å². The predicted octanol–water partition coefficient (Wildman–Crippen LogP) is 0.652. The molecule has 106 valence electrons. The lowest BCUT2D eigenvalue weighted by molar-refractivity contribution is -0.148. The van der Waals surface area contributed by atoms with Crippen LogP contribution in [0.2, 0.25) is 0 Å². The Hall–Kier alpha value is -2.08. The Labute approximate surface area is 116 Å². The fourth-order valence-corrected chi connectivity index (χ4v) is 2.40. The molecule has 2 aliphatic rings. The lowest BCUT2D eigenvalue weighted by Gasteiger charge is -2.28. The highest BCUT2D eigenvalue weighted by Crippen LogP contribution is 2.32. The molecular formula is C14H16N2O4. The molecule has 0 aromatic heterocycles. The molecule has 1 atom stereocenters. The van der Waals surface area contributed by atoms with Crippen LogP contribution in [0.4, 0.5) is 0 Å². The smallest absolute Gasteiger partial charge is 0.246 e. The maximum Gasteiger partial charge on any atom is 0.246 e. The molecule has 2 amide bonds. The first-order valence-corrected chi connectivity index (χ1v) is 6.57. The summed E-state index contributed by atoms with van der Waals surface area (Å²) >= 11 is 0. The van der Waals surface area contributed by atoms with Crippen LogP contribution >= 0.6 is 0 Å². The highest BCUT2D eigenvalue weighted by molar-refractivity contribution is 6.00. The third kappa shape index (κ3) is 2.34. The molecule has 1 saturated heterocycles. The van der Waals surface area contributed by atoms with Crippen LogP contribution in [0.15, 0.2) is 18.2 Å². The monoisotopic (exact) mass is 276 g/mol. The number of nitrogens with one attached hydrogen (secondary N) is 1. The fraction of sp³-hybridized carbons (Fsp3) is 0.429. The van der Waals surface area contributed by atoms with Crippen molar-refractivity contribution in [3.8, 4) is 11.5 Å². The Kier molecular flexibility index (Phi) is 3.31. The molecule has 0 aliphatic carbocycles. The van der Waals surface area contributed by atoms with Crippen molar-refractivity contribution in [3.05, 3.63) is 23.8 Å². The van der Waals surface area contributed by atoms with Gasteiger partial charge < -0.3 is 14.8 Å². The molecule has 1 aromatic carbocycles. The molecule has 0 spiro atoms. The van der Waals surface area contributed by atoms with Crippen molar-refractivity contribution < 1.29 is 19.1 Å². The van der Waals surface area contributed by atoms with Gasteiger partial charge in [0.15, 0.2) is 11.5 Å². The highest BCUT2D eigenvalue weighted by Gasteiger charge is 2.31. The minimum Gasteiger partial charge on any atom is -0.454 e. The number of carbonyl (C=O) groups excluding carboxylic acids is 2. The summed E-state index contributed by atoms with van der Waals surface area (Å²) in [6.45, 7) is 0.801. The summed E-state index contributed by atoms with van der Waals surface area (Å²) in [5, 5.41) is 3.19. The van der Waals surface area contributed by atoms with Crippen LogP contribution < -0.4 is 14.8 Å². The van der Waals surface area contributed by atoms with Crippen LogP contribution in [-0.2, 0) is 16.1 Å². The zero-order valence-corrected chi connectivity index (χ0v) is 11.2. The van der Waals surface area contributed by atoms with Gasteiger partial charge in [0.2, 0.25) is 18.6 Å². The Morgan fingerprint density at radius 2 is 2.10 bits per heavy atom.